The first-order chi connectivity index (χ1) is 13.8. The fourth-order valence-corrected chi connectivity index (χ4v) is 4.35. The topological polar surface area (TPSA) is 66.5 Å². The maximum absolute atomic E-state index is 13.4. The smallest absolute Gasteiger partial charge is 0.244 e. The van der Waals surface area contributed by atoms with Crippen LogP contribution in [-0.2, 0) is 19.8 Å². The Balaban J connectivity index is 1.83. The molecule has 1 heterocycles. The van der Waals surface area contributed by atoms with E-state index < -0.39 is 5.41 Å². The van der Waals surface area contributed by atoms with Crippen molar-refractivity contribution in [2.24, 2.45) is 0 Å². The minimum Gasteiger partial charge on any atom is -0.324 e. The largest absolute Gasteiger partial charge is 0.324 e. The van der Waals surface area contributed by atoms with Crippen molar-refractivity contribution >= 4 is 23.4 Å². The second-order valence-corrected chi connectivity index (χ2v) is 7.91. The molecule has 29 heavy (non-hydrogen) atoms. The number of nitrogens with one attached hydrogen (secondary N) is 1. The van der Waals surface area contributed by atoms with Gasteiger partial charge in [0.1, 0.15) is 6.54 Å². The van der Waals surface area contributed by atoms with Gasteiger partial charge in [-0.25, -0.2) is 0 Å². The number of carbonyl (C=O) groups excluding carboxylic acids is 3. The molecule has 0 aliphatic carbocycles. The van der Waals surface area contributed by atoms with Crippen LogP contribution in [0, 0.1) is 20.8 Å². The Hall–Kier alpha value is -2.95. The number of piperidine rings is 1. The van der Waals surface area contributed by atoms with E-state index in [2.05, 4.69) is 5.32 Å². The van der Waals surface area contributed by atoms with Crippen LogP contribution in [-0.4, -0.2) is 29.2 Å². The van der Waals surface area contributed by atoms with Gasteiger partial charge in [-0.1, -0.05) is 55.0 Å². The number of nitrogens with zero attached hydrogens (tertiary/aromatic N) is 1. The summed E-state index contributed by atoms with van der Waals surface area (Å²) in [6, 6.07) is 13.5. The highest BCUT2D eigenvalue weighted by Gasteiger charge is 2.47. The van der Waals surface area contributed by atoms with E-state index in [9.17, 15) is 14.4 Å². The van der Waals surface area contributed by atoms with E-state index in [1.54, 1.807) is 0 Å². The Morgan fingerprint density at radius 2 is 1.69 bits per heavy atom. The first kappa shape index (κ1) is 20.8. The highest BCUT2D eigenvalue weighted by atomic mass is 16.2. The van der Waals surface area contributed by atoms with Crippen LogP contribution in [0.25, 0.3) is 0 Å². The van der Waals surface area contributed by atoms with E-state index in [1.807, 2.05) is 70.2 Å². The maximum Gasteiger partial charge on any atom is 0.244 e. The Bertz CT molecular complexity index is 929. The molecule has 3 rings (SSSR count). The zero-order valence-electron chi connectivity index (χ0n) is 17.5. The lowest BCUT2D eigenvalue weighted by Crippen LogP contribution is -2.55. The van der Waals surface area contributed by atoms with E-state index in [0.717, 1.165) is 32.8 Å². The van der Waals surface area contributed by atoms with Crippen molar-refractivity contribution in [1.29, 1.82) is 0 Å². The molecule has 1 N–H and O–H groups in total. The fourth-order valence-electron chi connectivity index (χ4n) is 4.35. The van der Waals surface area contributed by atoms with Crippen LogP contribution in [0.2, 0.25) is 0 Å². The lowest BCUT2D eigenvalue weighted by Gasteiger charge is -2.40. The lowest BCUT2D eigenvalue weighted by atomic mass is 9.71. The second kappa shape index (κ2) is 8.19. The number of benzene rings is 2. The number of amides is 3. The lowest BCUT2D eigenvalue weighted by molar-refractivity contribution is -0.155. The molecule has 1 unspecified atom stereocenters. The molecule has 0 spiro atoms. The molecule has 0 aromatic heterocycles. The molecule has 2 aromatic rings. The molecule has 5 heteroatoms. The van der Waals surface area contributed by atoms with Gasteiger partial charge in [0.15, 0.2) is 0 Å². The molecule has 1 fully saturated rings. The minimum absolute atomic E-state index is 0.254. The summed E-state index contributed by atoms with van der Waals surface area (Å²) >= 11 is 0. The van der Waals surface area contributed by atoms with Gasteiger partial charge in [0, 0.05) is 12.1 Å². The summed E-state index contributed by atoms with van der Waals surface area (Å²) in [5, 5.41) is 2.89. The molecule has 3 amide bonds. The van der Waals surface area contributed by atoms with Crippen LogP contribution in [0.1, 0.15) is 48.4 Å². The normalized spacial score (nSPS) is 19.4. The highest BCUT2D eigenvalue weighted by molar-refractivity contribution is 6.07. The Kier molecular flexibility index (Phi) is 5.87. The summed E-state index contributed by atoms with van der Waals surface area (Å²) in [6.07, 6.45) is 1.31. The fraction of sp³-hybridized carbons (Fsp3) is 0.375. The van der Waals surface area contributed by atoms with Crippen LogP contribution in [0.4, 0.5) is 5.69 Å². The predicted octanol–water partition coefficient (Wildman–Crippen LogP) is 4.05. The SMILES string of the molecule is CCC1(c2ccccc2)CCC(=O)N(CC(=O)Nc2c(C)cc(C)cc2C)C1=O. The molecular weight excluding hydrogens is 364 g/mol. The predicted molar refractivity (Wildman–Crippen MR) is 114 cm³/mol. The van der Waals surface area contributed by atoms with Gasteiger partial charge in [0.25, 0.3) is 0 Å². The first-order valence-electron chi connectivity index (χ1n) is 10.1. The van der Waals surface area contributed by atoms with Crippen molar-refractivity contribution in [3.8, 4) is 0 Å². The van der Waals surface area contributed by atoms with E-state index in [0.29, 0.717) is 12.8 Å². The zero-order chi connectivity index (χ0) is 21.2. The number of hydrogen-bond donors (Lipinski definition) is 1. The number of likely N-dealkylation sites (tertiary alicyclic amines) is 1. The third-order valence-electron chi connectivity index (χ3n) is 5.89. The molecule has 152 valence electrons. The number of imide groups is 1. The molecule has 5 nitrogen and oxygen atoms in total. The van der Waals surface area contributed by atoms with Crippen LogP contribution < -0.4 is 5.32 Å². The molecule has 1 saturated heterocycles. The van der Waals surface area contributed by atoms with Gasteiger partial charge >= 0.3 is 0 Å². The molecule has 2 aromatic carbocycles. The first-order valence-corrected chi connectivity index (χ1v) is 10.1. The standard InChI is InChI=1S/C24H28N2O3/c1-5-24(19-9-7-6-8-10-19)12-11-21(28)26(23(24)29)15-20(27)25-22-17(3)13-16(2)14-18(22)4/h6-10,13-14H,5,11-12,15H2,1-4H3,(H,25,27). The van der Waals surface area contributed by atoms with Crippen LogP contribution in [0.5, 0.6) is 0 Å². The average Bonchev–Trinajstić information content (AvgIpc) is 2.69. The van der Waals surface area contributed by atoms with Crippen molar-refractivity contribution in [2.75, 3.05) is 11.9 Å². The van der Waals surface area contributed by atoms with Gasteiger partial charge in [-0.05, 0) is 50.3 Å². The van der Waals surface area contributed by atoms with Crippen LogP contribution >= 0.6 is 0 Å². The van der Waals surface area contributed by atoms with Gasteiger partial charge in [-0.3, -0.25) is 19.3 Å². The molecule has 0 saturated carbocycles. The Morgan fingerprint density at radius 3 is 2.28 bits per heavy atom. The third kappa shape index (κ3) is 3.95. The van der Waals surface area contributed by atoms with Gasteiger partial charge < -0.3 is 5.32 Å². The van der Waals surface area contributed by atoms with E-state index in [1.165, 1.54) is 0 Å². The van der Waals surface area contributed by atoms with Crippen LogP contribution in [0.15, 0.2) is 42.5 Å². The summed E-state index contributed by atoms with van der Waals surface area (Å²) in [4.78, 5) is 39.8. The van der Waals surface area contributed by atoms with Gasteiger partial charge in [0.2, 0.25) is 17.7 Å². The highest BCUT2D eigenvalue weighted by Crippen LogP contribution is 2.38. The molecule has 0 radical (unpaired) electrons. The number of aryl methyl sites for hydroxylation is 3. The summed E-state index contributed by atoms with van der Waals surface area (Å²) in [5.74, 6) is -0.931. The monoisotopic (exact) mass is 392 g/mol. The van der Waals surface area contributed by atoms with E-state index in [4.69, 9.17) is 0 Å². The number of rotatable bonds is 5. The van der Waals surface area contributed by atoms with E-state index >= 15 is 0 Å². The van der Waals surface area contributed by atoms with Crippen molar-refractivity contribution in [3.63, 3.8) is 0 Å². The van der Waals surface area contributed by atoms with Crippen LogP contribution in [0.3, 0.4) is 0 Å². The number of hydrogen-bond acceptors (Lipinski definition) is 3. The molecular formula is C24H28N2O3. The molecule has 1 aliphatic rings. The number of carbonyl (C=O) groups is 3. The van der Waals surface area contributed by atoms with Crippen molar-refractivity contribution in [1.82, 2.24) is 4.90 Å². The molecule has 0 bridgehead atoms. The number of anilines is 1. The quantitative estimate of drug-likeness (QED) is 0.781. The zero-order valence-corrected chi connectivity index (χ0v) is 17.5. The summed E-state index contributed by atoms with van der Waals surface area (Å²) in [6.45, 7) is 7.57. The van der Waals surface area contributed by atoms with Crippen molar-refractivity contribution < 1.29 is 14.4 Å². The average molecular weight is 392 g/mol. The summed E-state index contributed by atoms with van der Waals surface area (Å²) in [7, 11) is 0. The maximum atomic E-state index is 13.4. The van der Waals surface area contributed by atoms with E-state index in [-0.39, 0.29) is 30.7 Å². The summed E-state index contributed by atoms with van der Waals surface area (Å²) < 4.78 is 0. The molecule has 1 atom stereocenters. The minimum atomic E-state index is -0.759. The summed E-state index contributed by atoms with van der Waals surface area (Å²) in [5.41, 5.74) is 3.91. The van der Waals surface area contributed by atoms with Gasteiger partial charge in [-0.15, -0.1) is 0 Å². The van der Waals surface area contributed by atoms with Gasteiger partial charge in [-0.2, -0.15) is 0 Å². The third-order valence-corrected chi connectivity index (χ3v) is 5.89. The Morgan fingerprint density at radius 1 is 1.07 bits per heavy atom. The van der Waals surface area contributed by atoms with Crippen molar-refractivity contribution in [3.05, 3.63) is 64.7 Å². The molecule has 1 aliphatic heterocycles. The Labute approximate surface area is 172 Å². The second-order valence-electron chi connectivity index (χ2n) is 7.91. The van der Waals surface area contributed by atoms with Gasteiger partial charge in [0.05, 0.1) is 5.41 Å². The van der Waals surface area contributed by atoms with Crippen molar-refractivity contribution in [2.45, 2.75) is 52.4 Å².